The molecule has 2 amide bonds. The predicted octanol–water partition coefficient (Wildman–Crippen LogP) is 4.02. The summed E-state index contributed by atoms with van der Waals surface area (Å²) in [6, 6.07) is 5.95. The summed E-state index contributed by atoms with van der Waals surface area (Å²) in [7, 11) is 0. The summed E-state index contributed by atoms with van der Waals surface area (Å²) in [6.07, 6.45) is 2.32. The molecule has 1 aromatic carbocycles. The highest BCUT2D eigenvalue weighted by molar-refractivity contribution is 9.10. The molecule has 1 fully saturated rings. The Hall–Kier alpha value is -1.03. The highest BCUT2D eigenvalue weighted by Gasteiger charge is 2.21. The van der Waals surface area contributed by atoms with E-state index >= 15 is 0 Å². The molecule has 3 nitrogen and oxygen atoms in total. The maximum atomic E-state index is 12.1. The van der Waals surface area contributed by atoms with Gasteiger partial charge in [0.2, 0.25) is 0 Å². The summed E-state index contributed by atoms with van der Waals surface area (Å²) in [5.41, 5.74) is 2.01. The van der Waals surface area contributed by atoms with E-state index in [0.717, 1.165) is 29.7 Å². The van der Waals surface area contributed by atoms with Crippen LogP contribution >= 0.6 is 15.9 Å². The van der Waals surface area contributed by atoms with Crippen molar-refractivity contribution in [2.75, 3.05) is 18.4 Å². The second-order valence-electron chi connectivity index (χ2n) is 5.11. The van der Waals surface area contributed by atoms with Gasteiger partial charge in [-0.25, -0.2) is 4.79 Å². The Bertz CT molecular complexity index is 447. The number of likely N-dealkylation sites (tertiary alicyclic amines) is 1. The zero-order chi connectivity index (χ0) is 13.1. The van der Waals surface area contributed by atoms with Crippen LogP contribution in [-0.2, 0) is 0 Å². The number of carbonyl (C=O) groups excluding carboxylic acids is 1. The molecule has 1 saturated heterocycles. The van der Waals surface area contributed by atoms with E-state index in [1.165, 1.54) is 12.0 Å². The largest absolute Gasteiger partial charge is 0.324 e. The van der Waals surface area contributed by atoms with Crippen LogP contribution in [0.1, 0.15) is 25.3 Å². The number of carbonyl (C=O) groups is 1. The Morgan fingerprint density at radius 1 is 1.50 bits per heavy atom. The lowest BCUT2D eigenvalue weighted by Gasteiger charge is -2.31. The van der Waals surface area contributed by atoms with E-state index in [1.54, 1.807) is 0 Å². The Morgan fingerprint density at radius 2 is 2.28 bits per heavy atom. The summed E-state index contributed by atoms with van der Waals surface area (Å²) >= 11 is 3.48. The van der Waals surface area contributed by atoms with Crippen LogP contribution in [0.4, 0.5) is 10.5 Å². The lowest BCUT2D eigenvalue weighted by atomic mass is 10.0. The van der Waals surface area contributed by atoms with Gasteiger partial charge in [-0.15, -0.1) is 0 Å². The van der Waals surface area contributed by atoms with Crippen LogP contribution in [0.2, 0.25) is 0 Å². The summed E-state index contributed by atoms with van der Waals surface area (Å²) in [4.78, 5) is 14.0. The molecule has 1 aromatic rings. The fourth-order valence-corrected chi connectivity index (χ4v) is 2.88. The summed E-state index contributed by atoms with van der Waals surface area (Å²) in [5.74, 6) is 0.603. The van der Waals surface area contributed by atoms with Crippen molar-refractivity contribution in [1.82, 2.24) is 4.90 Å². The molecule has 2 rings (SSSR count). The van der Waals surface area contributed by atoms with Crippen LogP contribution in [0.15, 0.2) is 22.7 Å². The van der Waals surface area contributed by atoms with Crippen LogP contribution < -0.4 is 5.32 Å². The van der Waals surface area contributed by atoms with Crippen molar-refractivity contribution < 1.29 is 4.79 Å². The molecule has 1 N–H and O–H groups in total. The second-order valence-corrected chi connectivity index (χ2v) is 5.96. The van der Waals surface area contributed by atoms with E-state index in [0.29, 0.717) is 5.92 Å². The number of anilines is 1. The monoisotopic (exact) mass is 310 g/mol. The third-order valence-corrected chi connectivity index (χ3v) is 3.97. The molecule has 1 aliphatic rings. The van der Waals surface area contributed by atoms with Crippen molar-refractivity contribution in [2.45, 2.75) is 26.7 Å². The van der Waals surface area contributed by atoms with Gasteiger partial charge in [-0.2, -0.15) is 0 Å². The fourth-order valence-electron chi connectivity index (χ4n) is 2.29. The number of urea groups is 1. The van der Waals surface area contributed by atoms with Crippen molar-refractivity contribution in [2.24, 2.45) is 5.92 Å². The molecule has 0 aromatic heterocycles. The molecule has 0 bridgehead atoms. The number of hydrogen-bond donors (Lipinski definition) is 1. The van der Waals surface area contributed by atoms with Gasteiger partial charge in [0.05, 0.1) is 5.69 Å². The van der Waals surface area contributed by atoms with Crippen LogP contribution in [-0.4, -0.2) is 24.0 Å². The Kier molecular flexibility index (Phi) is 4.27. The lowest BCUT2D eigenvalue weighted by molar-refractivity contribution is 0.182. The third-order valence-electron chi connectivity index (χ3n) is 3.31. The number of nitrogens with zero attached hydrogens (tertiary/aromatic N) is 1. The topological polar surface area (TPSA) is 32.3 Å². The average Bonchev–Trinajstić information content (AvgIpc) is 2.32. The van der Waals surface area contributed by atoms with Gasteiger partial charge in [0.25, 0.3) is 0 Å². The molecule has 98 valence electrons. The van der Waals surface area contributed by atoms with E-state index in [2.05, 4.69) is 28.2 Å². The normalized spacial score (nSPS) is 19.7. The molecule has 1 unspecified atom stereocenters. The van der Waals surface area contributed by atoms with E-state index in [-0.39, 0.29) is 6.03 Å². The van der Waals surface area contributed by atoms with Gasteiger partial charge in [0.15, 0.2) is 0 Å². The molecule has 1 atom stereocenters. The maximum Gasteiger partial charge on any atom is 0.321 e. The zero-order valence-electron chi connectivity index (χ0n) is 10.9. The minimum atomic E-state index is 0.00565. The standard InChI is InChI=1S/C14H19BrN2O/c1-10-5-6-13(12(15)8-10)16-14(18)17-7-3-4-11(2)9-17/h5-6,8,11H,3-4,7,9H2,1-2H3,(H,16,18). The molecular weight excluding hydrogens is 292 g/mol. The first-order valence-corrected chi connectivity index (χ1v) is 7.17. The summed E-state index contributed by atoms with van der Waals surface area (Å²) < 4.78 is 0.931. The van der Waals surface area contributed by atoms with Gasteiger partial charge in [0.1, 0.15) is 0 Å². The third kappa shape index (κ3) is 3.25. The predicted molar refractivity (Wildman–Crippen MR) is 77.9 cm³/mol. The van der Waals surface area contributed by atoms with Crippen molar-refractivity contribution in [3.05, 3.63) is 28.2 Å². The molecule has 0 spiro atoms. The molecule has 0 saturated carbocycles. The van der Waals surface area contributed by atoms with Crippen LogP contribution in [0.3, 0.4) is 0 Å². The van der Waals surface area contributed by atoms with Crippen LogP contribution in [0, 0.1) is 12.8 Å². The highest BCUT2D eigenvalue weighted by Crippen LogP contribution is 2.24. The van der Waals surface area contributed by atoms with Gasteiger partial charge < -0.3 is 10.2 Å². The number of aryl methyl sites for hydroxylation is 1. The summed E-state index contributed by atoms with van der Waals surface area (Å²) in [5, 5.41) is 2.97. The van der Waals surface area contributed by atoms with Gasteiger partial charge in [-0.1, -0.05) is 13.0 Å². The first-order chi connectivity index (χ1) is 8.56. The zero-order valence-corrected chi connectivity index (χ0v) is 12.5. The molecule has 18 heavy (non-hydrogen) atoms. The number of benzene rings is 1. The molecule has 1 heterocycles. The van der Waals surface area contributed by atoms with E-state index in [9.17, 15) is 4.79 Å². The van der Waals surface area contributed by atoms with Crippen LogP contribution in [0.5, 0.6) is 0 Å². The lowest BCUT2D eigenvalue weighted by Crippen LogP contribution is -2.41. The van der Waals surface area contributed by atoms with E-state index in [4.69, 9.17) is 0 Å². The van der Waals surface area contributed by atoms with E-state index in [1.807, 2.05) is 30.0 Å². The Balaban J connectivity index is 2.02. The molecule has 1 aliphatic heterocycles. The Labute approximate surface area is 117 Å². The molecular formula is C14H19BrN2O. The number of halogens is 1. The van der Waals surface area contributed by atoms with Gasteiger partial charge >= 0.3 is 6.03 Å². The molecule has 0 aliphatic carbocycles. The second kappa shape index (κ2) is 5.74. The first-order valence-electron chi connectivity index (χ1n) is 6.38. The van der Waals surface area contributed by atoms with Gasteiger partial charge in [0, 0.05) is 17.6 Å². The highest BCUT2D eigenvalue weighted by atomic mass is 79.9. The summed E-state index contributed by atoms with van der Waals surface area (Å²) in [6.45, 7) is 5.94. The van der Waals surface area contributed by atoms with E-state index < -0.39 is 0 Å². The minimum absolute atomic E-state index is 0.00565. The number of hydrogen-bond acceptors (Lipinski definition) is 1. The SMILES string of the molecule is Cc1ccc(NC(=O)N2CCCC(C)C2)c(Br)c1. The quantitative estimate of drug-likeness (QED) is 0.834. The van der Waals surface area contributed by atoms with Gasteiger partial charge in [-0.3, -0.25) is 0 Å². The van der Waals surface area contributed by atoms with Crippen molar-refractivity contribution in [3.63, 3.8) is 0 Å². The van der Waals surface area contributed by atoms with Gasteiger partial charge in [-0.05, 0) is 59.3 Å². The maximum absolute atomic E-state index is 12.1. The number of piperidine rings is 1. The smallest absolute Gasteiger partial charge is 0.321 e. The average molecular weight is 311 g/mol. The number of amides is 2. The van der Waals surface area contributed by atoms with Crippen molar-refractivity contribution >= 4 is 27.6 Å². The first kappa shape index (κ1) is 13.4. The molecule has 4 heteroatoms. The van der Waals surface area contributed by atoms with Crippen LogP contribution in [0.25, 0.3) is 0 Å². The van der Waals surface area contributed by atoms with Crippen molar-refractivity contribution in [1.29, 1.82) is 0 Å². The number of nitrogens with one attached hydrogen (secondary N) is 1. The fraction of sp³-hybridized carbons (Fsp3) is 0.500. The minimum Gasteiger partial charge on any atom is -0.324 e. The Morgan fingerprint density at radius 3 is 2.94 bits per heavy atom. The number of rotatable bonds is 1. The molecule has 0 radical (unpaired) electrons. The van der Waals surface area contributed by atoms with Crippen molar-refractivity contribution in [3.8, 4) is 0 Å².